The van der Waals surface area contributed by atoms with Crippen molar-refractivity contribution in [2.45, 2.75) is 38.4 Å². The Labute approximate surface area is 228 Å². The van der Waals surface area contributed by atoms with E-state index in [9.17, 15) is 29.4 Å². The number of esters is 3. The Balaban J connectivity index is 1.90. The Morgan fingerprint density at radius 1 is 0.769 bits per heavy atom. The van der Waals surface area contributed by atoms with Gasteiger partial charge in [-0.2, -0.15) is 0 Å². The number of Topliss-reactive ketones (excluding diaryl/α,β-unsaturated/α-hetero) is 1. The molecule has 0 fully saturated rings. The van der Waals surface area contributed by atoms with Crippen molar-refractivity contribution in [1.82, 2.24) is 0 Å². The molecule has 0 saturated heterocycles. The summed E-state index contributed by atoms with van der Waals surface area (Å²) in [6.07, 6.45) is -1.35. The fourth-order valence-electron chi connectivity index (χ4n) is 3.94. The van der Waals surface area contributed by atoms with E-state index in [1.165, 1.54) is 0 Å². The van der Waals surface area contributed by atoms with Gasteiger partial charge in [0.15, 0.2) is 6.10 Å². The Kier molecular flexibility index (Phi) is 13.8. The van der Waals surface area contributed by atoms with Gasteiger partial charge in [0.25, 0.3) is 0 Å². The molecule has 0 aliphatic carbocycles. The molecular weight excluding hydrogens is 506 g/mol. The SMILES string of the molecule is C[N+](CCO)(CCO)CC(COC(=O)CC(=O)OCc1ccccc1)OC(=O)CC(=O)CCc1ccccc1. The van der Waals surface area contributed by atoms with Gasteiger partial charge >= 0.3 is 17.9 Å². The van der Waals surface area contributed by atoms with Gasteiger partial charge in [-0.05, 0) is 17.5 Å². The third-order valence-corrected chi connectivity index (χ3v) is 6.06. The van der Waals surface area contributed by atoms with Crippen LogP contribution in [0, 0.1) is 0 Å². The molecule has 0 spiro atoms. The van der Waals surface area contributed by atoms with Crippen LogP contribution >= 0.6 is 0 Å². The predicted molar refractivity (Wildman–Crippen MR) is 141 cm³/mol. The first-order chi connectivity index (χ1) is 18.7. The van der Waals surface area contributed by atoms with E-state index in [1.54, 1.807) is 31.3 Å². The summed E-state index contributed by atoms with van der Waals surface area (Å²) in [6, 6.07) is 18.4. The molecule has 10 nitrogen and oxygen atoms in total. The summed E-state index contributed by atoms with van der Waals surface area (Å²) in [5.74, 6) is -2.67. The molecule has 1 atom stereocenters. The molecule has 0 bridgehead atoms. The number of aliphatic hydroxyl groups excluding tert-OH is 2. The number of carbonyl (C=O) groups is 4. The van der Waals surface area contributed by atoms with Gasteiger partial charge in [-0.15, -0.1) is 0 Å². The van der Waals surface area contributed by atoms with Crippen LogP contribution in [-0.2, 0) is 46.4 Å². The maximum atomic E-state index is 12.6. The fourth-order valence-corrected chi connectivity index (χ4v) is 3.94. The fraction of sp³-hybridized carbons (Fsp3) is 0.448. The summed E-state index contributed by atoms with van der Waals surface area (Å²) in [7, 11) is 1.75. The molecule has 0 aromatic heterocycles. The molecule has 0 radical (unpaired) electrons. The molecular formula is C29H38NO9+. The number of nitrogens with zero attached hydrogens (tertiary/aromatic N) is 1. The first kappa shape index (κ1) is 31.6. The lowest BCUT2D eigenvalue weighted by atomic mass is 10.1. The second kappa shape index (κ2) is 17.1. The molecule has 10 heteroatoms. The van der Waals surface area contributed by atoms with Crippen molar-refractivity contribution in [2.75, 3.05) is 46.5 Å². The molecule has 2 aromatic carbocycles. The smallest absolute Gasteiger partial charge is 0.317 e. The van der Waals surface area contributed by atoms with Gasteiger partial charge in [-0.3, -0.25) is 19.2 Å². The highest BCUT2D eigenvalue weighted by molar-refractivity contribution is 5.95. The van der Waals surface area contributed by atoms with Gasteiger partial charge in [0.05, 0.1) is 20.3 Å². The molecule has 2 N–H and O–H groups in total. The number of rotatable bonds is 18. The average Bonchev–Trinajstić information content (AvgIpc) is 2.91. The Hall–Kier alpha value is -3.60. The Morgan fingerprint density at radius 2 is 1.33 bits per heavy atom. The summed E-state index contributed by atoms with van der Waals surface area (Å²) in [5.41, 5.74) is 1.75. The number of ether oxygens (including phenoxy) is 3. The van der Waals surface area contributed by atoms with Crippen molar-refractivity contribution in [1.29, 1.82) is 0 Å². The second-order valence-corrected chi connectivity index (χ2v) is 9.52. The standard InChI is InChI=1S/C29H38NO9/c1-30(14-16-31,15-17-32)20-26(39-29(36)18-25(33)13-12-23-8-4-2-5-9-23)22-38-28(35)19-27(34)37-21-24-10-6-3-7-11-24/h2-11,26,31-32H,12-22H2,1H3/q+1. The van der Waals surface area contributed by atoms with Gasteiger partial charge < -0.3 is 28.9 Å². The quantitative estimate of drug-likeness (QED) is 0.124. The minimum Gasteiger partial charge on any atom is -0.461 e. The lowest BCUT2D eigenvalue weighted by molar-refractivity contribution is -0.912. The molecule has 1 unspecified atom stereocenters. The van der Waals surface area contributed by atoms with E-state index in [2.05, 4.69) is 0 Å². The van der Waals surface area contributed by atoms with Crippen LogP contribution in [0.2, 0.25) is 0 Å². The summed E-state index contributed by atoms with van der Waals surface area (Å²) in [4.78, 5) is 49.2. The van der Waals surface area contributed by atoms with Gasteiger partial charge in [0.2, 0.25) is 0 Å². The van der Waals surface area contributed by atoms with Crippen molar-refractivity contribution in [2.24, 2.45) is 0 Å². The van der Waals surface area contributed by atoms with Gasteiger partial charge in [0.1, 0.15) is 51.5 Å². The number of likely N-dealkylation sites (N-methyl/N-ethyl adjacent to an activating group) is 1. The molecule has 2 aromatic rings. The van der Waals surface area contributed by atoms with E-state index in [-0.39, 0.29) is 62.7 Å². The highest BCUT2D eigenvalue weighted by Gasteiger charge is 2.30. The van der Waals surface area contributed by atoms with Crippen molar-refractivity contribution >= 4 is 23.7 Å². The van der Waals surface area contributed by atoms with Gasteiger partial charge in [0, 0.05) is 6.42 Å². The van der Waals surface area contributed by atoms with Crippen LogP contribution in [0.1, 0.15) is 30.4 Å². The molecule has 0 heterocycles. The summed E-state index contributed by atoms with van der Waals surface area (Å²) in [5, 5.41) is 18.9. The Bertz CT molecular complexity index is 1040. The third-order valence-electron chi connectivity index (χ3n) is 6.06. The van der Waals surface area contributed by atoms with Crippen molar-refractivity contribution < 1.29 is 48.1 Å². The number of hydrogen-bond donors (Lipinski definition) is 2. The van der Waals surface area contributed by atoms with Gasteiger partial charge in [-0.1, -0.05) is 60.7 Å². The van der Waals surface area contributed by atoms with Crippen LogP contribution < -0.4 is 0 Å². The summed E-state index contributed by atoms with van der Waals surface area (Å²) in [6.45, 7) is -0.0843. The number of quaternary nitrogens is 1. The normalized spacial score (nSPS) is 11.9. The monoisotopic (exact) mass is 544 g/mol. The van der Waals surface area contributed by atoms with Gasteiger partial charge in [-0.25, -0.2) is 0 Å². The van der Waals surface area contributed by atoms with Crippen LogP contribution in [0.3, 0.4) is 0 Å². The zero-order chi connectivity index (χ0) is 28.5. The number of hydrogen-bond acceptors (Lipinski definition) is 9. The van der Waals surface area contributed by atoms with E-state index >= 15 is 0 Å². The average molecular weight is 545 g/mol. The predicted octanol–water partition coefficient (Wildman–Crippen LogP) is 1.60. The number of aliphatic hydroxyl groups is 2. The largest absolute Gasteiger partial charge is 0.461 e. The number of carbonyl (C=O) groups excluding carboxylic acids is 4. The van der Waals surface area contributed by atoms with E-state index < -0.39 is 36.9 Å². The van der Waals surface area contributed by atoms with Crippen molar-refractivity contribution in [3.63, 3.8) is 0 Å². The van der Waals surface area contributed by atoms with E-state index in [0.29, 0.717) is 6.42 Å². The highest BCUT2D eigenvalue weighted by atomic mass is 16.6. The third kappa shape index (κ3) is 13.2. The van der Waals surface area contributed by atoms with Crippen LogP contribution in [-0.4, -0.2) is 91.0 Å². The first-order valence-corrected chi connectivity index (χ1v) is 12.9. The highest BCUT2D eigenvalue weighted by Crippen LogP contribution is 2.11. The maximum absolute atomic E-state index is 12.6. The number of benzene rings is 2. The molecule has 2 rings (SSSR count). The van der Waals surface area contributed by atoms with Crippen LogP contribution in [0.5, 0.6) is 0 Å². The van der Waals surface area contributed by atoms with E-state index in [1.807, 2.05) is 36.4 Å². The summed E-state index contributed by atoms with van der Waals surface area (Å²) >= 11 is 0. The van der Waals surface area contributed by atoms with E-state index in [0.717, 1.165) is 11.1 Å². The zero-order valence-corrected chi connectivity index (χ0v) is 22.3. The van der Waals surface area contributed by atoms with Crippen LogP contribution in [0.15, 0.2) is 60.7 Å². The van der Waals surface area contributed by atoms with Crippen LogP contribution in [0.4, 0.5) is 0 Å². The minimum absolute atomic E-state index is 0.0175. The number of ketones is 1. The lowest BCUT2D eigenvalue weighted by Gasteiger charge is -2.36. The van der Waals surface area contributed by atoms with E-state index in [4.69, 9.17) is 14.2 Å². The lowest BCUT2D eigenvalue weighted by Crippen LogP contribution is -2.54. The number of aryl methyl sites for hydroxylation is 1. The molecule has 0 saturated carbocycles. The van der Waals surface area contributed by atoms with Crippen LogP contribution in [0.25, 0.3) is 0 Å². The summed E-state index contributed by atoms with van der Waals surface area (Å²) < 4.78 is 15.9. The van der Waals surface area contributed by atoms with Crippen molar-refractivity contribution in [3.05, 3.63) is 71.8 Å². The zero-order valence-electron chi connectivity index (χ0n) is 22.3. The molecule has 212 valence electrons. The molecule has 0 aliphatic rings. The molecule has 0 amide bonds. The molecule has 39 heavy (non-hydrogen) atoms. The van der Waals surface area contributed by atoms with Crippen molar-refractivity contribution in [3.8, 4) is 0 Å². The minimum atomic E-state index is -0.966. The topological polar surface area (TPSA) is 136 Å². The maximum Gasteiger partial charge on any atom is 0.317 e. The Morgan fingerprint density at radius 3 is 1.92 bits per heavy atom. The molecule has 0 aliphatic heterocycles. The first-order valence-electron chi connectivity index (χ1n) is 12.9. The second-order valence-electron chi connectivity index (χ2n) is 9.52.